The molecule has 144 valence electrons. The van der Waals surface area contributed by atoms with Gasteiger partial charge in [-0.3, -0.25) is 9.69 Å². The number of carbonyl (C=O) groups excluding carboxylic acids is 1. The monoisotopic (exact) mass is 384 g/mol. The predicted octanol–water partition coefficient (Wildman–Crippen LogP) is 3.92. The summed E-state index contributed by atoms with van der Waals surface area (Å²) in [5.74, 6) is 0.0304. The number of piperidine rings is 1. The van der Waals surface area contributed by atoms with E-state index >= 15 is 0 Å². The molecule has 1 unspecified atom stereocenters. The number of ether oxygens (including phenoxy) is 1. The van der Waals surface area contributed by atoms with Gasteiger partial charge in [-0.25, -0.2) is 0 Å². The molecule has 5 heteroatoms. The maximum Gasteiger partial charge on any atom is 0.261 e. The first-order valence-corrected chi connectivity index (χ1v) is 10.7. The molecule has 0 saturated carbocycles. The number of hydrogen-bond acceptors (Lipinski definition) is 4. The molecule has 3 heterocycles. The Hall–Kier alpha value is -1.69. The van der Waals surface area contributed by atoms with Crippen LogP contribution in [0.3, 0.4) is 0 Å². The van der Waals surface area contributed by atoms with E-state index in [2.05, 4.69) is 42.3 Å². The van der Waals surface area contributed by atoms with Crippen LogP contribution in [0.4, 0.5) is 0 Å². The summed E-state index contributed by atoms with van der Waals surface area (Å²) < 4.78 is 6.21. The third-order valence-electron chi connectivity index (χ3n) is 6.03. The summed E-state index contributed by atoms with van der Waals surface area (Å²) in [5.41, 5.74) is 4.06. The third-order valence-corrected chi connectivity index (χ3v) is 6.90. The molecule has 1 N–H and O–H groups in total. The van der Waals surface area contributed by atoms with E-state index in [4.69, 9.17) is 4.74 Å². The van der Waals surface area contributed by atoms with Gasteiger partial charge >= 0.3 is 0 Å². The molecule has 4 rings (SSSR count). The van der Waals surface area contributed by atoms with Gasteiger partial charge in [0.25, 0.3) is 5.91 Å². The van der Waals surface area contributed by atoms with Crippen molar-refractivity contribution in [2.45, 2.75) is 51.3 Å². The molecule has 1 atom stereocenters. The standard InChI is InChI=1S/C22H28N2O2S/c1-16-5-6-18(12-17(16)2)14-24-9-7-22(8-10-24)13-19(15-26-22)23-21(25)20-4-3-11-27-20/h3-6,11-12,19H,7-10,13-15H2,1-2H3,(H,23,25). The second-order valence-electron chi connectivity index (χ2n) is 8.04. The van der Waals surface area contributed by atoms with Crippen LogP contribution in [0.1, 0.15) is 45.6 Å². The lowest BCUT2D eigenvalue weighted by Gasteiger charge is -2.38. The Labute approximate surface area is 165 Å². The van der Waals surface area contributed by atoms with Gasteiger partial charge in [-0.05, 0) is 61.2 Å². The van der Waals surface area contributed by atoms with Crippen LogP contribution in [-0.2, 0) is 11.3 Å². The Morgan fingerprint density at radius 3 is 2.78 bits per heavy atom. The highest BCUT2D eigenvalue weighted by Crippen LogP contribution is 2.36. The smallest absolute Gasteiger partial charge is 0.261 e. The molecule has 1 amide bonds. The predicted molar refractivity (Wildman–Crippen MR) is 109 cm³/mol. The maximum atomic E-state index is 12.3. The number of nitrogens with zero attached hydrogens (tertiary/aromatic N) is 1. The molecule has 1 aromatic heterocycles. The van der Waals surface area contributed by atoms with Gasteiger partial charge in [-0.2, -0.15) is 0 Å². The molecule has 2 aromatic rings. The summed E-state index contributed by atoms with van der Waals surface area (Å²) in [6.07, 6.45) is 3.02. The number of hydrogen-bond donors (Lipinski definition) is 1. The quantitative estimate of drug-likeness (QED) is 0.869. The van der Waals surface area contributed by atoms with Gasteiger partial charge in [0.2, 0.25) is 0 Å². The molecule has 27 heavy (non-hydrogen) atoms. The topological polar surface area (TPSA) is 41.6 Å². The fourth-order valence-corrected chi connectivity index (χ4v) is 4.86. The van der Waals surface area contributed by atoms with E-state index in [0.717, 1.165) is 43.8 Å². The van der Waals surface area contributed by atoms with E-state index in [-0.39, 0.29) is 17.6 Å². The Bertz CT molecular complexity index is 795. The van der Waals surface area contributed by atoms with E-state index in [1.165, 1.54) is 28.0 Å². The Morgan fingerprint density at radius 2 is 2.07 bits per heavy atom. The molecule has 0 radical (unpaired) electrons. The molecule has 1 spiro atoms. The average molecular weight is 385 g/mol. The average Bonchev–Trinajstić information content (AvgIpc) is 3.31. The summed E-state index contributed by atoms with van der Waals surface area (Å²) in [4.78, 5) is 15.6. The Balaban J connectivity index is 1.28. The van der Waals surface area contributed by atoms with Crippen LogP contribution in [0.15, 0.2) is 35.7 Å². The number of rotatable bonds is 4. The second-order valence-corrected chi connectivity index (χ2v) is 8.99. The molecule has 0 bridgehead atoms. The number of carbonyl (C=O) groups is 1. The number of thiophene rings is 1. The normalized spacial score (nSPS) is 22.2. The van der Waals surface area contributed by atoms with Gasteiger partial charge in [0.1, 0.15) is 0 Å². The lowest BCUT2D eigenvalue weighted by molar-refractivity contribution is -0.0449. The van der Waals surface area contributed by atoms with Crippen molar-refractivity contribution in [3.63, 3.8) is 0 Å². The molecule has 1 aromatic carbocycles. The van der Waals surface area contributed by atoms with Crippen LogP contribution in [0.5, 0.6) is 0 Å². The van der Waals surface area contributed by atoms with Gasteiger partial charge in [-0.15, -0.1) is 11.3 Å². The second kappa shape index (κ2) is 7.74. The first-order chi connectivity index (χ1) is 13.0. The fourth-order valence-electron chi connectivity index (χ4n) is 4.23. The van der Waals surface area contributed by atoms with Crippen molar-refractivity contribution in [2.75, 3.05) is 19.7 Å². The number of amides is 1. The number of aryl methyl sites for hydroxylation is 2. The molecular weight excluding hydrogens is 356 g/mol. The highest BCUT2D eigenvalue weighted by Gasteiger charge is 2.43. The first kappa shape index (κ1) is 18.7. The zero-order chi connectivity index (χ0) is 18.9. The van der Waals surface area contributed by atoms with Crippen LogP contribution in [0.2, 0.25) is 0 Å². The first-order valence-electron chi connectivity index (χ1n) is 9.80. The Kier molecular flexibility index (Phi) is 5.35. The lowest BCUT2D eigenvalue weighted by atomic mass is 9.87. The van der Waals surface area contributed by atoms with E-state index < -0.39 is 0 Å². The molecule has 2 fully saturated rings. The molecule has 0 aliphatic carbocycles. The summed E-state index contributed by atoms with van der Waals surface area (Å²) >= 11 is 1.48. The highest BCUT2D eigenvalue weighted by atomic mass is 32.1. The van der Waals surface area contributed by atoms with Crippen molar-refractivity contribution in [1.29, 1.82) is 0 Å². The minimum Gasteiger partial charge on any atom is -0.373 e. The van der Waals surface area contributed by atoms with Gasteiger partial charge in [0.05, 0.1) is 23.1 Å². The number of nitrogens with one attached hydrogen (secondary N) is 1. The highest BCUT2D eigenvalue weighted by molar-refractivity contribution is 7.12. The van der Waals surface area contributed by atoms with Crippen molar-refractivity contribution in [3.8, 4) is 0 Å². The Morgan fingerprint density at radius 1 is 1.26 bits per heavy atom. The van der Waals surface area contributed by atoms with Crippen LogP contribution >= 0.6 is 11.3 Å². The van der Waals surface area contributed by atoms with Gasteiger partial charge in [0.15, 0.2) is 0 Å². The van der Waals surface area contributed by atoms with Gasteiger partial charge < -0.3 is 10.1 Å². The van der Waals surface area contributed by atoms with Crippen molar-refractivity contribution in [1.82, 2.24) is 10.2 Å². The fraction of sp³-hybridized carbons (Fsp3) is 0.500. The summed E-state index contributed by atoms with van der Waals surface area (Å²) in [6.45, 7) is 8.09. The minimum atomic E-state index is -0.0485. The molecule has 4 nitrogen and oxygen atoms in total. The molecule has 2 aliphatic rings. The van der Waals surface area contributed by atoms with Crippen LogP contribution in [0.25, 0.3) is 0 Å². The van der Waals surface area contributed by atoms with Crippen LogP contribution in [0, 0.1) is 13.8 Å². The van der Waals surface area contributed by atoms with Crippen LogP contribution < -0.4 is 5.32 Å². The summed E-state index contributed by atoms with van der Waals surface area (Å²) in [5, 5.41) is 5.09. The lowest BCUT2D eigenvalue weighted by Crippen LogP contribution is -2.44. The number of benzene rings is 1. The third kappa shape index (κ3) is 4.26. The van der Waals surface area contributed by atoms with E-state index in [1.807, 2.05) is 17.5 Å². The van der Waals surface area contributed by atoms with Crippen LogP contribution in [-0.4, -0.2) is 42.1 Å². The molecular formula is C22H28N2O2S. The van der Waals surface area contributed by atoms with Gasteiger partial charge in [0, 0.05) is 19.6 Å². The van der Waals surface area contributed by atoms with E-state index in [9.17, 15) is 4.79 Å². The zero-order valence-corrected chi connectivity index (χ0v) is 17.0. The minimum absolute atomic E-state index is 0.0304. The van der Waals surface area contributed by atoms with E-state index in [1.54, 1.807) is 0 Å². The molecule has 2 aliphatic heterocycles. The van der Waals surface area contributed by atoms with Crippen molar-refractivity contribution in [3.05, 3.63) is 57.3 Å². The SMILES string of the molecule is Cc1ccc(CN2CCC3(CC2)CC(NC(=O)c2cccs2)CO3)cc1C. The van der Waals surface area contributed by atoms with Gasteiger partial charge in [-0.1, -0.05) is 24.3 Å². The zero-order valence-electron chi connectivity index (χ0n) is 16.2. The number of likely N-dealkylation sites (tertiary alicyclic amines) is 1. The van der Waals surface area contributed by atoms with Crippen molar-refractivity contribution >= 4 is 17.2 Å². The van der Waals surface area contributed by atoms with E-state index in [0.29, 0.717) is 6.61 Å². The maximum absolute atomic E-state index is 12.3. The largest absolute Gasteiger partial charge is 0.373 e. The summed E-state index contributed by atoms with van der Waals surface area (Å²) in [6, 6.07) is 10.7. The van der Waals surface area contributed by atoms with Crippen molar-refractivity contribution in [2.24, 2.45) is 0 Å². The molecule has 2 saturated heterocycles. The summed E-state index contributed by atoms with van der Waals surface area (Å²) in [7, 11) is 0. The van der Waals surface area contributed by atoms with Crippen molar-refractivity contribution < 1.29 is 9.53 Å².